The van der Waals surface area contributed by atoms with Crippen LogP contribution in [0, 0.1) is 0 Å². The van der Waals surface area contributed by atoms with Gasteiger partial charge in [-0.3, -0.25) is 0 Å². The Labute approximate surface area is 123 Å². The molecule has 5 heteroatoms. The number of halogens is 1. The van der Waals surface area contributed by atoms with Crippen molar-refractivity contribution < 1.29 is 9.53 Å². The minimum atomic E-state index is -0.0497. The molecule has 0 bridgehead atoms. The number of carbonyl (C=O) groups is 1. The lowest BCUT2D eigenvalue weighted by atomic mass is 10.3. The van der Waals surface area contributed by atoms with Gasteiger partial charge in [-0.1, -0.05) is 35.3 Å². The number of carbonyl (C=O) groups excluding carboxylic acids is 1. The van der Waals surface area contributed by atoms with Crippen molar-refractivity contribution in [1.82, 2.24) is 10.2 Å². The predicted molar refractivity (Wildman–Crippen MR) is 80.6 cm³/mol. The molecule has 0 saturated carbocycles. The normalized spacial score (nSPS) is 10.1. The Hall–Kier alpha value is -1.23. The lowest BCUT2D eigenvalue weighted by molar-refractivity contribution is 0.204. The highest BCUT2D eigenvalue weighted by atomic mass is 79.9. The number of urea groups is 1. The van der Waals surface area contributed by atoms with Crippen LogP contribution in [-0.4, -0.2) is 37.7 Å². The molecule has 2 amide bonds. The molecule has 1 N–H and O–H groups in total. The van der Waals surface area contributed by atoms with E-state index in [-0.39, 0.29) is 6.03 Å². The summed E-state index contributed by atoms with van der Waals surface area (Å²) in [7, 11) is 1.81. The van der Waals surface area contributed by atoms with E-state index in [2.05, 4.69) is 28.2 Å². The Balaban J connectivity index is 2.18. The van der Waals surface area contributed by atoms with Crippen molar-refractivity contribution in [2.45, 2.75) is 19.8 Å². The van der Waals surface area contributed by atoms with E-state index in [0.29, 0.717) is 13.2 Å². The fraction of sp³-hybridized carbons (Fsp3) is 0.500. The molecule has 0 aliphatic rings. The molecule has 1 aromatic rings. The first-order valence-electron chi connectivity index (χ1n) is 6.50. The van der Waals surface area contributed by atoms with Crippen LogP contribution in [-0.2, 0) is 0 Å². The van der Waals surface area contributed by atoms with Crippen molar-refractivity contribution in [2.75, 3.05) is 26.7 Å². The Morgan fingerprint density at radius 3 is 2.95 bits per heavy atom. The van der Waals surface area contributed by atoms with E-state index in [1.807, 2.05) is 24.3 Å². The topological polar surface area (TPSA) is 41.6 Å². The third kappa shape index (κ3) is 6.47. The Morgan fingerprint density at radius 2 is 2.26 bits per heavy atom. The van der Waals surface area contributed by atoms with Gasteiger partial charge in [0.2, 0.25) is 0 Å². The third-order valence-electron chi connectivity index (χ3n) is 2.64. The third-order valence-corrected chi connectivity index (χ3v) is 3.13. The number of rotatable bonds is 7. The molecule has 0 atom stereocenters. The molecule has 19 heavy (non-hydrogen) atoms. The summed E-state index contributed by atoms with van der Waals surface area (Å²) in [5.41, 5.74) is 0. The van der Waals surface area contributed by atoms with Crippen molar-refractivity contribution in [3.8, 4) is 5.75 Å². The minimum Gasteiger partial charge on any atom is -0.492 e. The summed E-state index contributed by atoms with van der Waals surface area (Å²) in [5.74, 6) is 0.794. The number of ether oxygens (including phenoxy) is 1. The lowest BCUT2D eigenvalue weighted by Gasteiger charge is -2.17. The molecule has 0 aliphatic heterocycles. The smallest absolute Gasteiger partial charge is 0.317 e. The second kappa shape index (κ2) is 8.80. The zero-order chi connectivity index (χ0) is 14.1. The molecule has 0 aromatic heterocycles. The van der Waals surface area contributed by atoms with Crippen molar-refractivity contribution in [3.05, 3.63) is 28.7 Å². The van der Waals surface area contributed by atoms with E-state index in [4.69, 9.17) is 4.74 Å². The number of nitrogens with one attached hydrogen (secondary N) is 1. The van der Waals surface area contributed by atoms with Gasteiger partial charge in [0.15, 0.2) is 0 Å². The van der Waals surface area contributed by atoms with Crippen molar-refractivity contribution in [2.24, 2.45) is 0 Å². The van der Waals surface area contributed by atoms with Gasteiger partial charge in [-0.05, 0) is 24.6 Å². The predicted octanol–water partition coefficient (Wildman–Crippen LogP) is 3.27. The largest absolute Gasteiger partial charge is 0.492 e. The molecule has 0 aliphatic carbocycles. The van der Waals surface area contributed by atoms with E-state index >= 15 is 0 Å². The zero-order valence-electron chi connectivity index (χ0n) is 11.5. The summed E-state index contributed by atoms with van der Waals surface area (Å²) in [6.45, 7) is 3.86. The van der Waals surface area contributed by atoms with Crippen LogP contribution in [0.1, 0.15) is 19.8 Å². The van der Waals surface area contributed by atoms with E-state index < -0.39 is 0 Å². The molecular formula is C14H21BrN2O2. The van der Waals surface area contributed by atoms with Crippen LogP contribution in [0.25, 0.3) is 0 Å². The van der Waals surface area contributed by atoms with E-state index in [9.17, 15) is 4.79 Å². The molecule has 1 rings (SSSR count). The summed E-state index contributed by atoms with van der Waals surface area (Å²) in [6.07, 6.45) is 2.11. The molecular weight excluding hydrogens is 308 g/mol. The Bertz CT molecular complexity index is 399. The van der Waals surface area contributed by atoms with Gasteiger partial charge < -0.3 is 15.0 Å². The molecule has 106 valence electrons. The molecule has 1 aromatic carbocycles. The van der Waals surface area contributed by atoms with Crippen LogP contribution in [0.5, 0.6) is 5.75 Å². The Kier molecular flexibility index (Phi) is 7.33. The van der Waals surface area contributed by atoms with Crippen LogP contribution in [0.15, 0.2) is 28.7 Å². The van der Waals surface area contributed by atoms with Gasteiger partial charge in [0, 0.05) is 18.1 Å². The number of hydrogen-bond acceptors (Lipinski definition) is 2. The summed E-state index contributed by atoms with van der Waals surface area (Å²) in [5, 5.41) is 2.83. The minimum absolute atomic E-state index is 0.0497. The summed E-state index contributed by atoms with van der Waals surface area (Å²) in [6, 6.07) is 7.59. The maximum Gasteiger partial charge on any atom is 0.317 e. The first-order chi connectivity index (χ1) is 9.13. The van der Waals surface area contributed by atoms with Crippen LogP contribution in [0.2, 0.25) is 0 Å². The average Bonchev–Trinajstić information content (AvgIpc) is 2.40. The maximum atomic E-state index is 11.7. The standard InChI is InChI=1S/C14H21BrN2O2/c1-3-4-9-17(2)14(18)16-8-10-19-13-7-5-6-12(15)11-13/h5-7,11H,3-4,8-10H2,1-2H3,(H,16,18). The highest BCUT2D eigenvalue weighted by Crippen LogP contribution is 2.17. The van der Waals surface area contributed by atoms with Crippen LogP contribution in [0.4, 0.5) is 4.79 Å². The molecule has 0 radical (unpaired) electrons. The summed E-state index contributed by atoms with van der Waals surface area (Å²) < 4.78 is 6.51. The number of benzene rings is 1. The van der Waals surface area contributed by atoms with Gasteiger partial charge in [0.1, 0.15) is 12.4 Å². The Morgan fingerprint density at radius 1 is 1.47 bits per heavy atom. The number of nitrogens with zero attached hydrogens (tertiary/aromatic N) is 1. The molecule has 0 heterocycles. The number of unbranched alkanes of at least 4 members (excludes halogenated alkanes) is 1. The summed E-state index contributed by atoms with van der Waals surface area (Å²) in [4.78, 5) is 13.4. The number of amides is 2. The highest BCUT2D eigenvalue weighted by molar-refractivity contribution is 9.10. The summed E-state index contributed by atoms with van der Waals surface area (Å²) >= 11 is 3.38. The second-order valence-electron chi connectivity index (χ2n) is 4.31. The van der Waals surface area contributed by atoms with Gasteiger partial charge in [-0.25, -0.2) is 4.79 Å². The average molecular weight is 329 g/mol. The number of hydrogen-bond donors (Lipinski definition) is 1. The maximum absolute atomic E-state index is 11.7. The monoisotopic (exact) mass is 328 g/mol. The van der Waals surface area contributed by atoms with Crippen LogP contribution >= 0.6 is 15.9 Å². The van der Waals surface area contributed by atoms with E-state index in [1.54, 1.807) is 11.9 Å². The van der Waals surface area contributed by atoms with Gasteiger partial charge in [-0.2, -0.15) is 0 Å². The van der Waals surface area contributed by atoms with Crippen molar-refractivity contribution in [3.63, 3.8) is 0 Å². The van der Waals surface area contributed by atoms with Gasteiger partial charge in [-0.15, -0.1) is 0 Å². The van der Waals surface area contributed by atoms with Gasteiger partial charge >= 0.3 is 6.03 Å². The fourth-order valence-corrected chi connectivity index (χ4v) is 1.89. The van der Waals surface area contributed by atoms with Gasteiger partial charge in [0.25, 0.3) is 0 Å². The van der Waals surface area contributed by atoms with E-state index in [0.717, 1.165) is 29.6 Å². The highest BCUT2D eigenvalue weighted by Gasteiger charge is 2.06. The first kappa shape index (κ1) is 15.8. The quantitative estimate of drug-likeness (QED) is 0.780. The van der Waals surface area contributed by atoms with Crippen LogP contribution < -0.4 is 10.1 Å². The van der Waals surface area contributed by atoms with Crippen molar-refractivity contribution >= 4 is 22.0 Å². The zero-order valence-corrected chi connectivity index (χ0v) is 13.1. The molecule has 0 saturated heterocycles. The second-order valence-corrected chi connectivity index (χ2v) is 5.23. The lowest BCUT2D eigenvalue weighted by Crippen LogP contribution is -2.39. The SMILES string of the molecule is CCCCN(C)C(=O)NCCOc1cccc(Br)c1. The fourth-order valence-electron chi connectivity index (χ4n) is 1.52. The first-order valence-corrected chi connectivity index (χ1v) is 7.30. The van der Waals surface area contributed by atoms with Gasteiger partial charge in [0.05, 0.1) is 6.54 Å². The molecule has 0 unspecified atom stereocenters. The molecule has 0 spiro atoms. The molecule has 0 fully saturated rings. The van der Waals surface area contributed by atoms with E-state index in [1.165, 1.54) is 0 Å². The van der Waals surface area contributed by atoms with Crippen LogP contribution in [0.3, 0.4) is 0 Å². The van der Waals surface area contributed by atoms with Crippen molar-refractivity contribution in [1.29, 1.82) is 0 Å². The molecule has 4 nitrogen and oxygen atoms in total.